The largest absolute Gasteiger partial charge is 0.456 e. The minimum atomic E-state index is -0.0993. The molecule has 1 aromatic heterocycles. The molecule has 13 rings (SSSR count). The summed E-state index contributed by atoms with van der Waals surface area (Å²) in [6, 6.07) is 77.0. The van der Waals surface area contributed by atoms with E-state index in [-0.39, 0.29) is 12.1 Å². The van der Waals surface area contributed by atoms with E-state index in [2.05, 4.69) is 240 Å². The summed E-state index contributed by atoms with van der Waals surface area (Å²) in [5.41, 5.74) is 13.7. The van der Waals surface area contributed by atoms with Gasteiger partial charge in [-0.05, 0) is 91.7 Å². The van der Waals surface area contributed by atoms with Crippen molar-refractivity contribution >= 4 is 82.6 Å². The number of allylic oxidation sites excluding steroid dienone is 2. The van der Waals surface area contributed by atoms with Crippen LogP contribution < -0.4 is 9.80 Å². The molecule has 0 saturated carbocycles. The lowest BCUT2D eigenvalue weighted by molar-refractivity contribution is 0.667. The molecule has 0 saturated heterocycles. The van der Waals surface area contributed by atoms with Crippen molar-refractivity contribution in [2.24, 2.45) is 0 Å². The number of furan rings is 1. The summed E-state index contributed by atoms with van der Waals surface area (Å²) in [6.07, 6.45) is 7.05. The molecule has 0 amide bonds. The van der Waals surface area contributed by atoms with E-state index in [1.54, 1.807) is 0 Å². The Bertz CT molecular complexity index is 3630. The lowest BCUT2D eigenvalue weighted by Gasteiger charge is -2.42. The molecule has 1 aliphatic carbocycles. The first kappa shape index (κ1) is 35.6. The molecule has 3 nitrogen and oxygen atoms in total. The van der Waals surface area contributed by atoms with E-state index in [0.29, 0.717) is 0 Å². The van der Waals surface area contributed by atoms with Gasteiger partial charge in [-0.2, -0.15) is 0 Å². The van der Waals surface area contributed by atoms with Crippen LogP contribution in [-0.2, 0) is 0 Å². The fourth-order valence-corrected chi connectivity index (χ4v) is 10.7. The summed E-state index contributed by atoms with van der Waals surface area (Å²) in [4.78, 5) is 5.16. The SMILES string of the molecule is C1=CC(N(c2ccccc2)c2ccc(-c3cc4ccccc4c4ccccc34)cc2)C2C(=C1)c1c(cc3oc4ccccc4c3c1-c1ccccc1)N2c1cccc2ccccc12. The van der Waals surface area contributed by atoms with Crippen LogP contribution in [0.25, 0.3) is 82.1 Å². The van der Waals surface area contributed by atoms with Crippen LogP contribution >= 0.6 is 0 Å². The van der Waals surface area contributed by atoms with Gasteiger partial charge in [-0.1, -0.05) is 182 Å². The minimum absolute atomic E-state index is 0.0969. The molecule has 2 atom stereocenters. The molecule has 296 valence electrons. The molecule has 2 heterocycles. The number of hydrogen-bond donors (Lipinski definition) is 0. The first-order valence-electron chi connectivity index (χ1n) is 21.8. The van der Waals surface area contributed by atoms with Gasteiger partial charge < -0.3 is 14.2 Å². The molecule has 10 aromatic carbocycles. The van der Waals surface area contributed by atoms with Gasteiger partial charge in [0, 0.05) is 50.4 Å². The average molecular weight is 805 g/mol. The summed E-state index contributed by atoms with van der Waals surface area (Å²) in [5, 5.41) is 9.76. The van der Waals surface area contributed by atoms with Crippen LogP contribution in [0.4, 0.5) is 22.7 Å². The minimum Gasteiger partial charge on any atom is -0.456 e. The van der Waals surface area contributed by atoms with Gasteiger partial charge in [0.05, 0.1) is 17.8 Å². The Hall–Kier alpha value is -8.14. The highest BCUT2D eigenvalue weighted by molar-refractivity contribution is 6.20. The summed E-state index contributed by atoms with van der Waals surface area (Å²) in [5.74, 6) is 0. The van der Waals surface area contributed by atoms with Crippen LogP contribution in [0, 0.1) is 0 Å². The first-order chi connectivity index (χ1) is 31.3. The highest BCUT2D eigenvalue weighted by Gasteiger charge is 2.45. The Morgan fingerprint density at radius 3 is 1.87 bits per heavy atom. The molecular weight excluding hydrogens is 765 g/mol. The zero-order valence-electron chi connectivity index (χ0n) is 34.4. The highest BCUT2D eigenvalue weighted by Crippen LogP contribution is 2.56. The van der Waals surface area contributed by atoms with E-state index in [0.717, 1.165) is 39.0 Å². The molecule has 0 N–H and O–H groups in total. The monoisotopic (exact) mass is 804 g/mol. The third-order valence-corrected chi connectivity index (χ3v) is 13.3. The summed E-state index contributed by atoms with van der Waals surface area (Å²) in [7, 11) is 0. The Labute approximate surface area is 365 Å². The number of rotatable bonds is 6. The molecule has 0 bridgehead atoms. The highest BCUT2D eigenvalue weighted by atomic mass is 16.3. The number of hydrogen-bond acceptors (Lipinski definition) is 3. The second kappa shape index (κ2) is 14.2. The second-order valence-electron chi connectivity index (χ2n) is 16.7. The number of benzene rings is 10. The van der Waals surface area contributed by atoms with Crippen LogP contribution in [0.15, 0.2) is 235 Å². The molecule has 11 aromatic rings. The third-order valence-electron chi connectivity index (χ3n) is 13.3. The van der Waals surface area contributed by atoms with E-state index >= 15 is 0 Å². The summed E-state index contributed by atoms with van der Waals surface area (Å²) < 4.78 is 6.80. The predicted molar refractivity (Wildman–Crippen MR) is 265 cm³/mol. The van der Waals surface area contributed by atoms with Crippen LogP contribution in [0.3, 0.4) is 0 Å². The normalized spacial score (nSPS) is 15.6. The van der Waals surface area contributed by atoms with Crippen LogP contribution in [-0.4, -0.2) is 12.1 Å². The zero-order chi connectivity index (χ0) is 41.4. The van der Waals surface area contributed by atoms with Gasteiger partial charge in [-0.25, -0.2) is 0 Å². The smallest absolute Gasteiger partial charge is 0.138 e. The van der Waals surface area contributed by atoms with Crippen LogP contribution in [0.2, 0.25) is 0 Å². The van der Waals surface area contributed by atoms with Gasteiger partial charge in [0.2, 0.25) is 0 Å². The van der Waals surface area contributed by atoms with Crippen molar-refractivity contribution in [3.63, 3.8) is 0 Å². The Kier molecular flexibility index (Phi) is 8.04. The molecular formula is C60H40N2O. The fraction of sp³-hybridized carbons (Fsp3) is 0.0333. The van der Waals surface area contributed by atoms with Crippen molar-refractivity contribution in [3.05, 3.63) is 236 Å². The lowest BCUT2D eigenvalue weighted by Crippen LogP contribution is -2.47. The van der Waals surface area contributed by atoms with Gasteiger partial charge in [-0.15, -0.1) is 0 Å². The van der Waals surface area contributed by atoms with Crippen molar-refractivity contribution < 1.29 is 4.42 Å². The van der Waals surface area contributed by atoms with E-state index in [4.69, 9.17) is 4.42 Å². The Morgan fingerprint density at radius 2 is 1.06 bits per heavy atom. The molecule has 63 heavy (non-hydrogen) atoms. The topological polar surface area (TPSA) is 19.6 Å². The maximum absolute atomic E-state index is 6.80. The van der Waals surface area contributed by atoms with E-state index in [1.165, 1.54) is 71.4 Å². The van der Waals surface area contributed by atoms with Crippen LogP contribution in [0.1, 0.15) is 5.56 Å². The Balaban J connectivity index is 1.04. The third kappa shape index (κ3) is 5.53. The maximum atomic E-state index is 6.80. The first-order valence-corrected chi connectivity index (χ1v) is 21.8. The van der Waals surface area contributed by atoms with Gasteiger partial charge >= 0.3 is 0 Å². The second-order valence-corrected chi connectivity index (χ2v) is 16.7. The van der Waals surface area contributed by atoms with Crippen molar-refractivity contribution in [2.75, 3.05) is 9.80 Å². The maximum Gasteiger partial charge on any atom is 0.138 e. The molecule has 0 fully saturated rings. The van der Waals surface area contributed by atoms with Crippen molar-refractivity contribution in [2.45, 2.75) is 12.1 Å². The number of fused-ring (bicyclic) bond motifs is 10. The van der Waals surface area contributed by atoms with Gasteiger partial charge in [-0.3, -0.25) is 0 Å². The fourth-order valence-electron chi connectivity index (χ4n) is 10.7. The van der Waals surface area contributed by atoms with Crippen molar-refractivity contribution in [1.29, 1.82) is 0 Å². The molecule has 0 spiro atoms. The summed E-state index contributed by atoms with van der Waals surface area (Å²) >= 11 is 0. The molecule has 2 aliphatic rings. The number of anilines is 4. The van der Waals surface area contributed by atoms with Gasteiger partial charge in [0.1, 0.15) is 11.2 Å². The van der Waals surface area contributed by atoms with Crippen LogP contribution in [0.5, 0.6) is 0 Å². The molecule has 0 radical (unpaired) electrons. The standard InChI is InChI=1S/C60H40N2O/c1-3-18-41(19-4-1)57-58-50-29-16-31-53(60(50)62(52-30-15-21-39-17-7-10-25-46(39)52)54(58)38-56-59(57)49-28-13-14-32-55(49)63-56)61(43-22-5-2-6-23-43)44-35-33-40(34-36-44)51-37-42-20-8-9-24-45(42)47-26-11-12-27-48(47)51/h1-38,53,60H. The van der Waals surface area contributed by atoms with E-state index in [1.807, 2.05) is 0 Å². The molecule has 3 heteroatoms. The average Bonchev–Trinajstić information content (AvgIpc) is 3.89. The lowest BCUT2D eigenvalue weighted by atomic mass is 9.85. The number of para-hydroxylation sites is 2. The quantitative estimate of drug-likeness (QED) is 0.156. The predicted octanol–water partition coefficient (Wildman–Crippen LogP) is 16.1. The van der Waals surface area contributed by atoms with Crippen molar-refractivity contribution in [3.8, 4) is 22.3 Å². The van der Waals surface area contributed by atoms with Gasteiger partial charge in [0.15, 0.2) is 0 Å². The van der Waals surface area contributed by atoms with Gasteiger partial charge in [0.25, 0.3) is 0 Å². The number of nitrogens with zero attached hydrogens (tertiary/aromatic N) is 2. The zero-order valence-corrected chi connectivity index (χ0v) is 34.4. The molecule has 1 aliphatic heterocycles. The summed E-state index contributed by atoms with van der Waals surface area (Å²) in [6.45, 7) is 0. The van der Waals surface area contributed by atoms with E-state index < -0.39 is 0 Å². The molecule has 2 unspecified atom stereocenters. The Morgan fingerprint density at radius 1 is 0.429 bits per heavy atom. The van der Waals surface area contributed by atoms with Crippen molar-refractivity contribution in [1.82, 2.24) is 0 Å². The van der Waals surface area contributed by atoms with E-state index in [9.17, 15) is 0 Å².